The Labute approximate surface area is 95.9 Å². The van der Waals surface area contributed by atoms with Gasteiger partial charge in [0, 0.05) is 17.0 Å². The summed E-state index contributed by atoms with van der Waals surface area (Å²) in [6.07, 6.45) is 0.523. The van der Waals surface area contributed by atoms with E-state index in [9.17, 15) is 9.90 Å². The zero-order valence-electron chi connectivity index (χ0n) is 7.98. The first kappa shape index (κ1) is 10.6. The van der Waals surface area contributed by atoms with E-state index in [1.165, 1.54) is 0 Å². The molecule has 15 heavy (non-hydrogen) atoms. The molecule has 1 aromatic rings. The van der Waals surface area contributed by atoms with Gasteiger partial charge in [0.1, 0.15) is 0 Å². The van der Waals surface area contributed by atoms with Crippen LogP contribution in [0.25, 0.3) is 0 Å². The Morgan fingerprint density at radius 2 is 2.33 bits per heavy atom. The third-order valence-corrected chi connectivity index (χ3v) is 3.54. The molecule has 0 bridgehead atoms. The van der Waals surface area contributed by atoms with Crippen LogP contribution in [0.1, 0.15) is 12.0 Å². The molecule has 4 heteroatoms. The van der Waals surface area contributed by atoms with Gasteiger partial charge in [-0.1, -0.05) is 28.1 Å². The van der Waals surface area contributed by atoms with Crippen LogP contribution in [0.3, 0.4) is 0 Å². The van der Waals surface area contributed by atoms with Crippen LogP contribution in [0.4, 0.5) is 0 Å². The quantitative estimate of drug-likeness (QED) is 0.881. The predicted octanol–water partition coefficient (Wildman–Crippen LogP) is 1.78. The van der Waals surface area contributed by atoms with Crippen molar-refractivity contribution in [3.05, 3.63) is 34.3 Å². The van der Waals surface area contributed by atoms with Crippen LogP contribution in [-0.2, 0) is 10.2 Å². The highest BCUT2D eigenvalue weighted by molar-refractivity contribution is 9.10. The Bertz CT molecular complexity index is 405. The average Bonchev–Trinajstić information content (AvgIpc) is 2.93. The number of aliphatic hydroxyl groups excluding tert-OH is 1. The topological polar surface area (TPSA) is 57.5 Å². The van der Waals surface area contributed by atoms with Crippen molar-refractivity contribution in [1.29, 1.82) is 0 Å². The maximum absolute atomic E-state index is 11.2. The molecule has 1 saturated carbocycles. The molecule has 0 amide bonds. The Morgan fingerprint density at radius 1 is 1.60 bits per heavy atom. The lowest BCUT2D eigenvalue weighted by Crippen LogP contribution is -2.23. The molecule has 1 aliphatic rings. The minimum absolute atomic E-state index is 0.0706. The lowest BCUT2D eigenvalue weighted by molar-refractivity contribution is -0.140. The van der Waals surface area contributed by atoms with Crippen LogP contribution in [0, 0.1) is 5.92 Å². The molecule has 2 atom stereocenters. The minimum atomic E-state index is -0.863. The summed E-state index contributed by atoms with van der Waals surface area (Å²) in [7, 11) is 0. The highest BCUT2D eigenvalue weighted by Gasteiger charge is 2.61. The number of carboxylic acids is 1. The Kier molecular flexibility index (Phi) is 2.56. The van der Waals surface area contributed by atoms with Crippen molar-refractivity contribution in [2.45, 2.75) is 11.8 Å². The van der Waals surface area contributed by atoms with Gasteiger partial charge in [0.15, 0.2) is 0 Å². The first-order valence-corrected chi connectivity index (χ1v) is 5.51. The number of rotatable bonds is 3. The van der Waals surface area contributed by atoms with Crippen LogP contribution < -0.4 is 0 Å². The maximum atomic E-state index is 11.2. The van der Waals surface area contributed by atoms with E-state index in [-0.39, 0.29) is 12.5 Å². The molecule has 0 saturated heterocycles. The molecular formula is C11H11BrO3. The van der Waals surface area contributed by atoms with E-state index in [4.69, 9.17) is 5.11 Å². The normalized spacial score (nSPS) is 28.8. The van der Waals surface area contributed by atoms with Crippen molar-refractivity contribution >= 4 is 21.9 Å². The first-order chi connectivity index (χ1) is 7.11. The third-order valence-electron chi connectivity index (χ3n) is 3.05. The van der Waals surface area contributed by atoms with Gasteiger partial charge in [-0.05, 0) is 24.1 Å². The van der Waals surface area contributed by atoms with Gasteiger partial charge in [-0.25, -0.2) is 0 Å². The minimum Gasteiger partial charge on any atom is -0.481 e. The monoisotopic (exact) mass is 270 g/mol. The van der Waals surface area contributed by atoms with Crippen molar-refractivity contribution in [1.82, 2.24) is 0 Å². The Hall–Kier alpha value is -0.870. The van der Waals surface area contributed by atoms with Crippen molar-refractivity contribution in [3.63, 3.8) is 0 Å². The number of carbonyl (C=O) groups is 1. The number of hydrogen-bond donors (Lipinski definition) is 2. The van der Waals surface area contributed by atoms with Gasteiger partial charge in [0.25, 0.3) is 0 Å². The molecule has 3 nitrogen and oxygen atoms in total. The molecule has 1 aliphatic carbocycles. The van der Waals surface area contributed by atoms with Gasteiger partial charge < -0.3 is 10.2 Å². The van der Waals surface area contributed by atoms with Crippen molar-refractivity contribution in [2.24, 2.45) is 5.92 Å². The smallest absolute Gasteiger partial charge is 0.314 e. The number of aliphatic hydroxyl groups is 1. The van der Waals surface area contributed by atoms with E-state index < -0.39 is 11.4 Å². The van der Waals surface area contributed by atoms with E-state index in [0.29, 0.717) is 6.42 Å². The second kappa shape index (κ2) is 3.61. The summed E-state index contributed by atoms with van der Waals surface area (Å²) in [5.41, 5.74) is -0.0955. The zero-order valence-corrected chi connectivity index (χ0v) is 9.57. The SMILES string of the molecule is O=C(O)C1(c2cccc(Br)c2)CC1CO. The van der Waals surface area contributed by atoms with Gasteiger partial charge >= 0.3 is 5.97 Å². The fourth-order valence-corrected chi connectivity index (χ4v) is 2.45. The summed E-state index contributed by atoms with van der Waals surface area (Å²) in [6, 6.07) is 7.28. The summed E-state index contributed by atoms with van der Waals surface area (Å²) >= 11 is 3.32. The fourth-order valence-electron chi connectivity index (χ4n) is 2.06. The number of benzene rings is 1. The summed E-state index contributed by atoms with van der Waals surface area (Å²) in [4.78, 5) is 11.2. The van der Waals surface area contributed by atoms with Gasteiger partial charge in [0.05, 0.1) is 5.41 Å². The third kappa shape index (κ3) is 1.58. The standard InChI is InChI=1S/C11H11BrO3/c12-9-3-1-2-7(4-9)11(10(14)15)5-8(11)6-13/h1-4,8,13H,5-6H2,(H,14,15). The molecule has 2 N–H and O–H groups in total. The van der Waals surface area contributed by atoms with Gasteiger partial charge in [-0.3, -0.25) is 4.79 Å². The van der Waals surface area contributed by atoms with Crippen LogP contribution >= 0.6 is 15.9 Å². The number of halogens is 1. The van der Waals surface area contributed by atoms with E-state index >= 15 is 0 Å². The van der Waals surface area contributed by atoms with Crippen LogP contribution in [-0.4, -0.2) is 22.8 Å². The van der Waals surface area contributed by atoms with E-state index in [1.807, 2.05) is 18.2 Å². The summed E-state index contributed by atoms with van der Waals surface area (Å²) in [5, 5.41) is 18.3. The zero-order chi connectivity index (χ0) is 11.1. The molecule has 0 aliphatic heterocycles. The fraction of sp³-hybridized carbons (Fsp3) is 0.364. The maximum Gasteiger partial charge on any atom is 0.314 e. The molecule has 80 valence electrons. The predicted molar refractivity (Wildman–Crippen MR) is 58.6 cm³/mol. The Balaban J connectivity index is 2.40. The largest absolute Gasteiger partial charge is 0.481 e. The van der Waals surface area contributed by atoms with Gasteiger partial charge in [-0.2, -0.15) is 0 Å². The number of carboxylic acid groups (broad SMARTS) is 1. The average molecular weight is 271 g/mol. The molecule has 1 fully saturated rings. The molecule has 2 unspecified atom stereocenters. The van der Waals surface area contributed by atoms with Crippen LogP contribution in [0.5, 0.6) is 0 Å². The molecule has 2 rings (SSSR count). The molecule has 0 aromatic heterocycles. The second-order valence-electron chi connectivity index (χ2n) is 3.87. The highest BCUT2D eigenvalue weighted by Crippen LogP contribution is 2.54. The summed E-state index contributed by atoms with van der Waals surface area (Å²) in [5.74, 6) is -0.996. The molecule has 0 radical (unpaired) electrons. The van der Waals surface area contributed by atoms with Crippen molar-refractivity contribution in [3.8, 4) is 0 Å². The highest BCUT2D eigenvalue weighted by atomic mass is 79.9. The van der Waals surface area contributed by atoms with Crippen molar-refractivity contribution in [2.75, 3.05) is 6.61 Å². The summed E-state index contributed by atoms with van der Waals surface area (Å²) in [6.45, 7) is -0.0706. The van der Waals surface area contributed by atoms with Crippen LogP contribution in [0.15, 0.2) is 28.7 Å². The van der Waals surface area contributed by atoms with E-state index in [2.05, 4.69) is 15.9 Å². The summed E-state index contributed by atoms with van der Waals surface area (Å²) < 4.78 is 0.865. The Morgan fingerprint density at radius 3 is 2.80 bits per heavy atom. The lowest BCUT2D eigenvalue weighted by Gasteiger charge is -2.12. The number of hydrogen-bond acceptors (Lipinski definition) is 2. The van der Waals surface area contributed by atoms with E-state index in [1.54, 1.807) is 6.07 Å². The van der Waals surface area contributed by atoms with Crippen LogP contribution in [0.2, 0.25) is 0 Å². The molecular weight excluding hydrogens is 260 g/mol. The second-order valence-corrected chi connectivity index (χ2v) is 4.79. The first-order valence-electron chi connectivity index (χ1n) is 4.71. The molecule has 0 spiro atoms. The number of aliphatic carboxylic acids is 1. The van der Waals surface area contributed by atoms with Gasteiger partial charge in [-0.15, -0.1) is 0 Å². The lowest BCUT2D eigenvalue weighted by atomic mass is 9.93. The molecule has 0 heterocycles. The van der Waals surface area contributed by atoms with Crippen molar-refractivity contribution < 1.29 is 15.0 Å². The molecule has 1 aromatic carbocycles. The van der Waals surface area contributed by atoms with Gasteiger partial charge in [0.2, 0.25) is 0 Å². The van der Waals surface area contributed by atoms with E-state index in [0.717, 1.165) is 10.0 Å².